The smallest absolute Gasteiger partial charge is 0.131 e. The second-order valence-electron chi connectivity index (χ2n) is 3.92. The van der Waals surface area contributed by atoms with Gasteiger partial charge in [-0.3, -0.25) is 10.4 Å². The van der Waals surface area contributed by atoms with Crippen molar-refractivity contribution in [2.45, 2.75) is 13.0 Å². The Morgan fingerprint density at radius 3 is 3.19 bits per heavy atom. The van der Waals surface area contributed by atoms with Crippen LogP contribution in [0.25, 0.3) is 0 Å². The van der Waals surface area contributed by atoms with E-state index in [0.29, 0.717) is 13.2 Å². The molecule has 5 heteroatoms. The number of aryl methyl sites for hydroxylation is 1. The first-order chi connectivity index (χ1) is 7.66. The summed E-state index contributed by atoms with van der Waals surface area (Å²) >= 11 is 0. The number of nitrogens with zero attached hydrogens (tertiary/aromatic N) is 2. The summed E-state index contributed by atoms with van der Waals surface area (Å²) in [7, 11) is 0. The third-order valence-electron chi connectivity index (χ3n) is 2.66. The number of ether oxygens (including phenoxy) is 1. The number of nitrogens with two attached hydrogens (primary N) is 1. The maximum Gasteiger partial charge on any atom is 0.131 e. The zero-order chi connectivity index (χ0) is 11.5. The summed E-state index contributed by atoms with van der Waals surface area (Å²) in [5.41, 5.74) is 7.56. The average Bonchev–Trinajstić information content (AvgIpc) is 2.29. The summed E-state index contributed by atoms with van der Waals surface area (Å²) in [4.78, 5) is 6.33. The van der Waals surface area contributed by atoms with Gasteiger partial charge in [0.15, 0.2) is 0 Å². The normalized spacial score (nSPS) is 20.8. The van der Waals surface area contributed by atoms with E-state index in [1.165, 1.54) is 0 Å². The summed E-state index contributed by atoms with van der Waals surface area (Å²) in [6, 6.07) is 4.00. The maximum atomic E-state index is 7.40. The Kier molecular flexibility index (Phi) is 3.05. The van der Waals surface area contributed by atoms with E-state index < -0.39 is 0 Å². The molecule has 0 aliphatic carbocycles. The van der Waals surface area contributed by atoms with Crippen molar-refractivity contribution < 1.29 is 4.74 Å². The molecule has 16 heavy (non-hydrogen) atoms. The Bertz CT molecular complexity index is 393. The Morgan fingerprint density at radius 1 is 1.69 bits per heavy atom. The Hall–Kier alpha value is -1.62. The highest BCUT2D eigenvalue weighted by atomic mass is 16.5. The van der Waals surface area contributed by atoms with E-state index >= 15 is 0 Å². The molecular weight excluding hydrogens is 204 g/mol. The van der Waals surface area contributed by atoms with E-state index in [-0.39, 0.29) is 11.9 Å². The molecule has 1 saturated heterocycles. The van der Waals surface area contributed by atoms with Gasteiger partial charge >= 0.3 is 0 Å². The number of amidine groups is 1. The molecule has 1 atom stereocenters. The van der Waals surface area contributed by atoms with Crippen LogP contribution in [-0.2, 0) is 4.74 Å². The van der Waals surface area contributed by atoms with Crippen LogP contribution in [0.4, 0.5) is 5.69 Å². The molecule has 1 aromatic heterocycles. The lowest BCUT2D eigenvalue weighted by atomic mass is 10.2. The van der Waals surface area contributed by atoms with Gasteiger partial charge in [-0.25, -0.2) is 0 Å². The zero-order valence-corrected chi connectivity index (χ0v) is 9.31. The minimum atomic E-state index is -0.290. The van der Waals surface area contributed by atoms with Gasteiger partial charge in [-0.2, -0.15) is 0 Å². The number of morpholine rings is 1. The molecule has 1 aliphatic rings. The van der Waals surface area contributed by atoms with E-state index in [2.05, 4.69) is 9.88 Å². The molecule has 0 amide bonds. The summed E-state index contributed by atoms with van der Waals surface area (Å²) in [6.45, 7) is 4.03. The Morgan fingerprint density at radius 2 is 2.50 bits per heavy atom. The van der Waals surface area contributed by atoms with Crippen molar-refractivity contribution in [1.29, 1.82) is 5.41 Å². The van der Waals surface area contributed by atoms with E-state index in [1.54, 1.807) is 6.20 Å². The lowest BCUT2D eigenvalue weighted by molar-refractivity contribution is 0.0826. The van der Waals surface area contributed by atoms with Crippen LogP contribution in [0.1, 0.15) is 5.69 Å². The van der Waals surface area contributed by atoms with Crippen molar-refractivity contribution in [3.8, 4) is 0 Å². The highest BCUT2D eigenvalue weighted by Gasteiger charge is 2.22. The van der Waals surface area contributed by atoms with E-state index in [0.717, 1.165) is 17.9 Å². The van der Waals surface area contributed by atoms with Crippen LogP contribution in [0.15, 0.2) is 18.3 Å². The van der Waals surface area contributed by atoms with E-state index in [4.69, 9.17) is 15.9 Å². The highest BCUT2D eigenvalue weighted by molar-refractivity contribution is 5.82. The molecule has 1 aliphatic heterocycles. The lowest BCUT2D eigenvalue weighted by Crippen LogP contribution is -2.48. The first kappa shape index (κ1) is 10.9. The number of pyridine rings is 1. The first-order valence-electron chi connectivity index (χ1n) is 5.30. The molecule has 1 unspecified atom stereocenters. The monoisotopic (exact) mass is 220 g/mol. The van der Waals surface area contributed by atoms with Crippen molar-refractivity contribution in [2.75, 3.05) is 24.6 Å². The second-order valence-corrected chi connectivity index (χ2v) is 3.92. The largest absolute Gasteiger partial charge is 0.385 e. The molecule has 0 bridgehead atoms. The molecule has 3 N–H and O–H groups in total. The SMILES string of the molecule is Cc1cc(N2CCOC(C(=N)N)C2)ccn1. The summed E-state index contributed by atoms with van der Waals surface area (Å²) in [6.07, 6.45) is 1.50. The third-order valence-corrected chi connectivity index (χ3v) is 2.66. The molecule has 1 fully saturated rings. The highest BCUT2D eigenvalue weighted by Crippen LogP contribution is 2.17. The molecule has 1 aromatic rings. The quantitative estimate of drug-likeness (QED) is 0.563. The van der Waals surface area contributed by atoms with Crippen LogP contribution in [0, 0.1) is 12.3 Å². The predicted octanol–water partition coefficient (Wildman–Crippen LogP) is 0.531. The fourth-order valence-electron chi connectivity index (χ4n) is 1.80. The van der Waals surface area contributed by atoms with Crippen molar-refractivity contribution in [2.24, 2.45) is 5.73 Å². The maximum absolute atomic E-state index is 7.40. The minimum absolute atomic E-state index is 0.0930. The number of anilines is 1. The first-order valence-corrected chi connectivity index (χ1v) is 5.30. The van der Waals surface area contributed by atoms with Crippen LogP contribution < -0.4 is 10.6 Å². The number of hydrogen-bond acceptors (Lipinski definition) is 4. The summed E-state index contributed by atoms with van der Waals surface area (Å²) in [5.74, 6) is 0.0930. The molecule has 2 heterocycles. The van der Waals surface area contributed by atoms with E-state index in [1.807, 2.05) is 19.1 Å². The van der Waals surface area contributed by atoms with Crippen LogP contribution in [0.5, 0.6) is 0 Å². The van der Waals surface area contributed by atoms with Gasteiger partial charge in [-0.1, -0.05) is 0 Å². The predicted molar refractivity (Wildman–Crippen MR) is 62.8 cm³/mol. The van der Waals surface area contributed by atoms with Gasteiger partial charge in [-0.05, 0) is 19.1 Å². The van der Waals surface area contributed by atoms with Gasteiger partial charge in [0, 0.05) is 24.1 Å². The molecule has 0 aromatic carbocycles. The fourth-order valence-corrected chi connectivity index (χ4v) is 1.80. The van der Waals surface area contributed by atoms with Crippen LogP contribution in [-0.4, -0.2) is 36.6 Å². The molecule has 86 valence electrons. The summed E-state index contributed by atoms with van der Waals surface area (Å²) in [5, 5.41) is 7.40. The van der Waals surface area contributed by atoms with Gasteiger partial charge in [0.25, 0.3) is 0 Å². The number of aromatic nitrogens is 1. The van der Waals surface area contributed by atoms with Crippen molar-refractivity contribution in [3.05, 3.63) is 24.0 Å². The van der Waals surface area contributed by atoms with Gasteiger partial charge in [0.2, 0.25) is 0 Å². The van der Waals surface area contributed by atoms with Gasteiger partial charge in [-0.15, -0.1) is 0 Å². The standard InChI is InChI=1S/C11H16N4O/c1-8-6-9(2-3-14-8)15-4-5-16-10(7-15)11(12)13/h2-3,6,10H,4-5,7H2,1H3,(H3,12,13). The molecule has 0 saturated carbocycles. The minimum Gasteiger partial charge on any atom is -0.385 e. The average molecular weight is 220 g/mol. The van der Waals surface area contributed by atoms with Crippen LogP contribution in [0.2, 0.25) is 0 Å². The molecule has 0 spiro atoms. The van der Waals surface area contributed by atoms with E-state index in [9.17, 15) is 0 Å². The molecule has 2 rings (SSSR count). The van der Waals surface area contributed by atoms with Crippen molar-refractivity contribution in [1.82, 2.24) is 4.98 Å². The molecule has 5 nitrogen and oxygen atoms in total. The topological polar surface area (TPSA) is 75.2 Å². The number of rotatable bonds is 2. The number of hydrogen-bond donors (Lipinski definition) is 2. The van der Waals surface area contributed by atoms with Crippen molar-refractivity contribution in [3.63, 3.8) is 0 Å². The number of nitrogens with one attached hydrogen (secondary N) is 1. The van der Waals surface area contributed by atoms with Gasteiger partial charge in [0.05, 0.1) is 13.2 Å². The van der Waals surface area contributed by atoms with Crippen molar-refractivity contribution >= 4 is 11.5 Å². The fraction of sp³-hybridized carbons (Fsp3) is 0.455. The molecular formula is C11H16N4O. The summed E-state index contributed by atoms with van der Waals surface area (Å²) < 4.78 is 5.41. The second kappa shape index (κ2) is 4.49. The van der Waals surface area contributed by atoms with Gasteiger partial charge < -0.3 is 15.4 Å². The molecule has 0 radical (unpaired) electrons. The Balaban J connectivity index is 2.12. The third kappa shape index (κ3) is 2.30. The van der Waals surface area contributed by atoms with Crippen LogP contribution >= 0.6 is 0 Å². The Labute approximate surface area is 94.7 Å². The van der Waals surface area contributed by atoms with Crippen LogP contribution in [0.3, 0.4) is 0 Å². The van der Waals surface area contributed by atoms with Gasteiger partial charge in [0.1, 0.15) is 11.9 Å². The zero-order valence-electron chi connectivity index (χ0n) is 9.31. The lowest BCUT2D eigenvalue weighted by Gasteiger charge is -2.33.